The van der Waals surface area contributed by atoms with Gasteiger partial charge in [-0.25, -0.2) is 4.39 Å². The number of rotatable bonds is 8. The van der Waals surface area contributed by atoms with Crippen molar-refractivity contribution in [2.75, 3.05) is 18.9 Å². The first-order valence-corrected chi connectivity index (χ1v) is 9.57. The highest BCUT2D eigenvalue weighted by molar-refractivity contribution is 7.99. The van der Waals surface area contributed by atoms with Gasteiger partial charge in [0, 0.05) is 5.75 Å². The van der Waals surface area contributed by atoms with Crippen LogP contribution in [0.25, 0.3) is 10.8 Å². The lowest BCUT2D eigenvalue weighted by Gasteiger charge is -2.09. The highest BCUT2D eigenvalue weighted by atomic mass is 32.2. The van der Waals surface area contributed by atoms with E-state index in [1.165, 1.54) is 23.2 Å². The van der Waals surface area contributed by atoms with Crippen molar-refractivity contribution in [3.05, 3.63) is 78.1 Å². The number of amides is 1. The first-order valence-electron chi connectivity index (χ1n) is 8.42. The van der Waals surface area contributed by atoms with Gasteiger partial charge in [-0.2, -0.15) is 0 Å². The molecule has 0 atom stereocenters. The van der Waals surface area contributed by atoms with Crippen LogP contribution in [0.1, 0.15) is 5.56 Å². The lowest BCUT2D eigenvalue weighted by Crippen LogP contribution is -2.29. The van der Waals surface area contributed by atoms with Gasteiger partial charge in [0.15, 0.2) is 0 Å². The smallest absolute Gasteiger partial charge is 0.230 e. The number of hydrogen-bond donors (Lipinski definition) is 1. The molecule has 3 nitrogen and oxygen atoms in total. The Bertz CT molecular complexity index is 885. The minimum absolute atomic E-state index is 0.0755. The first-order chi connectivity index (χ1) is 12.7. The second-order valence-electron chi connectivity index (χ2n) is 5.79. The fourth-order valence-corrected chi connectivity index (χ4v) is 3.38. The van der Waals surface area contributed by atoms with E-state index in [0.717, 1.165) is 11.1 Å². The zero-order valence-corrected chi connectivity index (χ0v) is 15.1. The maximum atomic E-state index is 13.5. The van der Waals surface area contributed by atoms with Crippen molar-refractivity contribution in [1.82, 2.24) is 5.32 Å². The zero-order chi connectivity index (χ0) is 18.2. The fourth-order valence-electron chi connectivity index (χ4n) is 2.54. The molecule has 0 unspecified atom stereocenters. The van der Waals surface area contributed by atoms with E-state index in [0.29, 0.717) is 30.2 Å². The molecule has 0 saturated heterocycles. The molecule has 0 aliphatic rings. The van der Waals surface area contributed by atoms with E-state index in [1.54, 1.807) is 18.2 Å². The van der Waals surface area contributed by atoms with E-state index in [2.05, 4.69) is 11.4 Å². The second kappa shape index (κ2) is 9.25. The van der Waals surface area contributed by atoms with Gasteiger partial charge in [-0.3, -0.25) is 4.79 Å². The van der Waals surface area contributed by atoms with Gasteiger partial charge in [0.1, 0.15) is 18.2 Å². The Morgan fingerprint density at radius 1 is 1.00 bits per heavy atom. The zero-order valence-electron chi connectivity index (χ0n) is 14.3. The maximum Gasteiger partial charge on any atom is 0.230 e. The van der Waals surface area contributed by atoms with Gasteiger partial charge in [0.2, 0.25) is 5.91 Å². The third-order valence-electron chi connectivity index (χ3n) is 3.86. The molecule has 0 saturated carbocycles. The number of thioether (sulfide) groups is 1. The fraction of sp³-hybridized carbons (Fsp3) is 0.190. The van der Waals surface area contributed by atoms with Crippen LogP contribution in [0.5, 0.6) is 5.75 Å². The minimum Gasteiger partial charge on any atom is -0.492 e. The summed E-state index contributed by atoms with van der Waals surface area (Å²) in [5, 5.41) is 5.10. The molecule has 0 spiro atoms. The summed E-state index contributed by atoms with van der Waals surface area (Å²) >= 11 is 1.39. The van der Waals surface area contributed by atoms with Gasteiger partial charge in [-0.1, -0.05) is 48.5 Å². The van der Waals surface area contributed by atoms with Crippen LogP contribution in [0.3, 0.4) is 0 Å². The van der Waals surface area contributed by atoms with Crippen molar-refractivity contribution in [2.24, 2.45) is 0 Å². The van der Waals surface area contributed by atoms with Crippen LogP contribution in [0, 0.1) is 5.82 Å². The Hall–Kier alpha value is -2.53. The molecule has 3 rings (SSSR count). The van der Waals surface area contributed by atoms with Crippen LogP contribution < -0.4 is 10.1 Å². The third-order valence-corrected chi connectivity index (χ3v) is 4.84. The number of benzene rings is 3. The van der Waals surface area contributed by atoms with Crippen molar-refractivity contribution >= 4 is 28.4 Å². The quantitative estimate of drug-likeness (QED) is 0.598. The molecule has 0 heterocycles. The topological polar surface area (TPSA) is 38.3 Å². The molecular weight excluding hydrogens is 349 g/mol. The molecule has 0 aliphatic heterocycles. The van der Waals surface area contributed by atoms with Gasteiger partial charge in [0.25, 0.3) is 0 Å². The summed E-state index contributed by atoms with van der Waals surface area (Å²) in [6, 6.07) is 20.6. The number of halogens is 1. The average molecular weight is 369 g/mol. The monoisotopic (exact) mass is 369 g/mol. The summed E-state index contributed by atoms with van der Waals surface area (Å²) in [4.78, 5) is 11.8. The second-order valence-corrected chi connectivity index (χ2v) is 6.78. The summed E-state index contributed by atoms with van der Waals surface area (Å²) in [7, 11) is 0. The molecule has 3 aromatic rings. The van der Waals surface area contributed by atoms with Gasteiger partial charge in [0.05, 0.1) is 12.3 Å². The molecule has 0 fully saturated rings. The Balaban J connectivity index is 1.35. The summed E-state index contributed by atoms with van der Waals surface area (Å²) in [5.74, 6) is 1.25. The molecule has 134 valence electrons. The summed E-state index contributed by atoms with van der Waals surface area (Å²) in [6.07, 6.45) is 0. The number of carbonyl (C=O) groups is 1. The van der Waals surface area contributed by atoms with E-state index in [4.69, 9.17) is 4.74 Å². The van der Waals surface area contributed by atoms with Crippen molar-refractivity contribution in [3.8, 4) is 5.75 Å². The predicted octanol–water partition coefficient (Wildman–Crippen LogP) is 4.41. The van der Waals surface area contributed by atoms with Gasteiger partial charge >= 0.3 is 0 Å². The van der Waals surface area contributed by atoms with Crippen molar-refractivity contribution in [1.29, 1.82) is 0 Å². The number of fused-ring (bicyclic) bond motifs is 1. The molecule has 0 bridgehead atoms. The summed E-state index contributed by atoms with van der Waals surface area (Å²) in [6.45, 7) is 0.841. The van der Waals surface area contributed by atoms with E-state index in [-0.39, 0.29) is 11.7 Å². The Labute approximate surface area is 156 Å². The Morgan fingerprint density at radius 2 is 1.77 bits per heavy atom. The Morgan fingerprint density at radius 3 is 2.62 bits per heavy atom. The van der Waals surface area contributed by atoms with Crippen molar-refractivity contribution in [3.63, 3.8) is 0 Å². The largest absolute Gasteiger partial charge is 0.492 e. The standard InChI is InChI=1S/C21H20FNO2S/c22-20-8-4-3-7-18(20)14-26-15-21(24)23-11-12-25-19-10-9-16-5-1-2-6-17(16)13-19/h1-10,13H,11-12,14-15H2,(H,23,24). The lowest BCUT2D eigenvalue weighted by molar-refractivity contribution is -0.118. The van der Waals surface area contributed by atoms with E-state index in [1.807, 2.05) is 36.4 Å². The molecule has 5 heteroatoms. The number of carbonyl (C=O) groups excluding carboxylic acids is 1. The first kappa shape index (κ1) is 18.3. The molecule has 26 heavy (non-hydrogen) atoms. The van der Waals surface area contributed by atoms with Gasteiger partial charge < -0.3 is 10.1 Å². The highest BCUT2D eigenvalue weighted by Gasteiger charge is 2.05. The van der Waals surface area contributed by atoms with Crippen LogP contribution in [0.15, 0.2) is 66.7 Å². The summed E-state index contributed by atoms with van der Waals surface area (Å²) < 4.78 is 19.2. The molecule has 0 aliphatic carbocycles. The SMILES string of the molecule is O=C(CSCc1ccccc1F)NCCOc1ccc2ccccc2c1. The van der Waals surface area contributed by atoms with Gasteiger partial charge in [-0.05, 0) is 34.5 Å². The van der Waals surface area contributed by atoms with Crippen LogP contribution >= 0.6 is 11.8 Å². The normalized spacial score (nSPS) is 10.7. The highest BCUT2D eigenvalue weighted by Crippen LogP contribution is 2.20. The van der Waals surface area contributed by atoms with Crippen LogP contribution in [-0.4, -0.2) is 24.8 Å². The van der Waals surface area contributed by atoms with Crippen molar-refractivity contribution < 1.29 is 13.9 Å². The van der Waals surface area contributed by atoms with E-state index in [9.17, 15) is 9.18 Å². The van der Waals surface area contributed by atoms with Crippen LogP contribution in [0.2, 0.25) is 0 Å². The number of ether oxygens (including phenoxy) is 1. The maximum absolute atomic E-state index is 13.5. The van der Waals surface area contributed by atoms with Crippen molar-refractivity contribution in [2.45, 2.75) is 5.75 Å². The van der Waals surface area contributed by atoms with Crippen LogP contribution in [-0.2, 0) is 10.5 Å². The van der Waals surface area contributed by atoms with Gasteiger partial charge in [-0.15, -0.1) is 11.8 Å². The molecule has 0 radical (unpaired) electrons. The molecular formula is C21H20FNO2S. The molecule has 1 N–H and O–H groups in total. The lowest BCUT2D eigenvalue weighted by atomic mass is 10.1. The number of nitrogens with one attached hydrogen (secondary N) is 1. The average Bonchev–Trinajstić information content (AvgIpc) is 2.67. The van der Waals surface area contributed by atoms with E-state index < -0.39 is 0 Å². The predicted molar refractivity (Wildman–Crippen MR) is 105 cm³/mol. The molecule has 0 aromatic heterocycles. The summed E-state index contributed by atoms with van der Waals surface area (Å²) in [5.41, 5.74) is 0.616. The minimum atomic E-state index is -0.232. The Kier molecular flexibility index (Phi) is 6.50. The molecule has 3 aromatic carbocycles. The number of hydrogen-bond acceptors (Lipinski definition) is 3. The molecule has 1 amide bonds. The van der Waals surface area contributed by atoms with E-state index >= 15 is 0 Å². The third kappa shape index (κ3) is 5.23. The van der Waals surface area contributed by atoms with Crippen LogP contribution in [0.4, 0.5) is 4.39 Å².